The molecule has 5 nitrogen and oxygen atoms in total. The largest absolute Gasteiger partial charge is 0.497 e. The Bertz CT molecular complexity index is 978. The third-order valence-corrected chi connectivity index (χ3v) is 12.2. The smallest absolute Gasteiger partial charge is 0.265 e. The zero-order chi connectivity index (χ0) is 25.5. The van der Waals surface area contributed by atoms with Crippen LogP contribution in [0.2, 0.25) is 0 Å². The second kappa shape index (κ2) is 14.5. The molecule has 1 radical (unpaired) electrons. The normalized spacial score (nSPS) is 11.9. The second-order valence-electron chi connectivity index (χ2n) is 9.25. The van der Waals surface area contributed by atoms with Crippen LogP contribution in [0.3, 0.4) is 0 Å². The van der Waals surface area contributed by atoms with Crippen molar-refractivity contribution in [2.75, 3.05) is 36.2 Å². The fourth-order valence-electron chi connectivity index (χ4n) is 4.85. The number of methoxy groups -OCH3 is 1. The van der Waals surface area contributed by atoms with Crippen LogP contribution < -0.4 is 15.4 Å². The van der Waals surface area contributed by atoms with Gasteiger partial charge in [0, 0.05) is 51.3 Å². The van der Waals surface area contributed by atoms with E-state index in [1.54, 1.807) is 7.11 Å². The van der Waals surface area contributed by atoms with Crippen molar-refractivity contribution in [1.82, 2.24) is 0 Å². The molecule has 0 spiro atoms. The van der Waals surface area contributed by atoms with E-state index in [1.807, 2.05) is 58.0 Å². The van der Waals surface area contributed by atoms with Crippen LogP contribution in [0.5, 0.6) is 5.75 Å². The molecule has 2 N–H and O–H groups in total. The zero-order valence-corrected chi connectivity index (χ0v) is 26.5. The van der Waals surface area contributed by atoms with Crippen LogP contribution in [0.25, 0.3) is 0 Å². The summed E-state index contributed by atoms with van der Waals surface area (Å²) in [7, 11) is -0.248. The number of carbonyl (C=O) groups excluding carboxylic acids is 2. The molecule has 189 valence electrons. The zero-order valence-electron chi connectivity index (χ0n) is 22.7. The van der Waals surface area contributed by atoms with Gasteiger partial charge in [0.05, 0.1) is 19.4 Å². The number of hydrogen-bond donors (Lipinski definition) is 2. The predicted octanol–water partition coefficient (Wildman–Crippen LogP) is 6.73. The molecule has 1 unspecified atom stereocenters. The SMILES string of the molecule is CCCC(C(=O)Nc1c(C)cc(OC)cc1C)[P+](CC)(CC)CC(=O)Nc1c(C)cccc1C.[Y]. The van der Waals surface area contributed by atoms with Gasteiger partial charge in [-0.05, 0) is 82.3 Å². The minimum absolute atomic E-state index is 0. The van der Waals surface area contributed by atoms with Crippen LogP contribution in [0.15, 0.2) is 30.3 Å². The summed E-state index contributed by atoms with van der Waals surface area (Å²) in [6.45, 7) is 14.4. The molecule has 0 saturated carbocycles. The number of aryl methyl sites for hydroxylation is 4. The van der Waals surface area contributed by atoms with Crippen LogP contribution in [0, 0.1) is 27.7 Å². The summed E-state index contributed by atoms with van der Waals surface area (Å²) in [5, 5.41) is 6.39. The summed E-state index contributed by atoms with van der Waals surface area (Å²) < 4.78 is 5.37. The van der Waals surface area contributed by atoms with Crippen molar-refractivity contribution in [2.45, 2.75) is 67.0 Å². The summed E-state index contributed by atoms with van der Waals surface area (Å²) >= 11 is 0. The molecular formula is C28H42N2O3PY+. The van der Waals surface area contributed by atoms with Crippen LogP contribution in [0.1, 0.15) is 55.9 Å². The molecule has 0 aliphatic rings. The summed E-state index contributed by atoms with van der Waals surface area (Å²) in [6.07, 6.45) is 3.84. The van der Waals surface area contributed by atoms with E-state index >= 15 is 0 Å². The van der Waals surface area contributed by atoms with E-state index in [2.05, 4.69) is 31.4 Å². The van der Waals surface area contributed by atoms with Gasteiger partial charge < -0.3 is 15.4 Å². The van der Waals surface area contributed by atoms with Gasteiger partial charge in [0.15, 0.2) is 0 Å². The summed E-state index contributed by atoms with van der Waals surface area (Å²) in [6, 6.07) is 9.91. The first-order valence-corrected chi connectivity index (χ1v) is 14.7. The van der Waals surface area contributed by atoms with Crippen molar-refractivity contribution in [1.29, 1.82) is 0 Å². The monoisotopic (exact) mass is 574 g/mol. The summed E-state index contributed by atoms with van der Waals surface area (Å²) in [5.41, 5.74) is 5.64. The number of benzene rings is 2. The van der Waals surface area contributed by atoms with E-state index in [4.69, 9.17) is 4.74 Å². The fourth-order valence-corrected chi connectivity index (χ4v) is 8.86. The Balaban J connectivity index is 0.00000612. The summed E-state index contributed by atoms with van der Waals surface area (Å²) in [5.74, 6) is 0.834. The number of rotatable bonds is 11. The summed E-state index contributed by atoms with van der Waals surface area (Å²) in [4.78, 5) is 27.0. The molecule has 0 heterocycles. The maximum atomic E-state index is 13.7. The van der Waals surface area contributed by atoms with E-state index in [1.165, 1.54) is 0 Å². The standard InChI is InChI=1S/C28H41N2O3P.Y/c1-9-13-24(28(32)30-27-21(6)16-23(33-8)17-22(27)7)34(10-2,11-3)18-25(31)29-26-19(4)14-12-15-20(26)5;/h12,14-17,24H,9-11,13,18H2,1-8H3,(H-,29,30,31,32);/p+1. The number of amides is 2. The van der Waals surface area contributed by atoms with Crippen molar-refractivity contribution in [2.24, 2.45) is 0 Å². The molecule has 2 amide bonds. The molecule has 0 aromatic heterocycles. The molecule has 0 aliphatic carbocycles. The van der Waals surface area contributed by atoms with Gasteiger partial charge in [0.25, 0.3) is 11.8 Å². The molecule has 1 atom stereocenters. The number of nitrogens with one attached hydrogen (secondary N) is 2. The topological polar surface area (TPSA) is 67.4 Å². The maximum Gasteiger partial charge on any atom is 0.265 e. The Labute approximate surface area is 237 Å². The average molecular weight is 575 g/mol. The molecule has 0 saturated heterocycles. The van der Waals surface area contributed by atoms with Crippen molar-refractivity contribution < 1.29 is 47.0 Å². The Kier molecular flexibility index (Phi) is 13.1. The van der Waals surface area contributed by atoms with Gasteiger partial charge in [-0.15, -0.1) is 0 Å². The van der Waals surface area contributed by atoms with Gasteiger partial charge in [0.2, 0.25) is 0 Å². The van der Waals surface area contributed by atoms with E-state index in [-0.39, 0.29) is 50.2 Å². The Morgan fingerprint density at radius 1 is 0.886 bits per heavy atom. The number of para-hydroxylation sites is 1. The van der Waals surface area contributed by atoms with E-state index in [0.717, 1.165) is 64.5 Å². The molecule has 2 rings (SSSR count). The van der Waals surface area contributed by atoms with E-state index in [9.17, 15) is 9.59 Å². The number of hydrogen-bond acceptors (Lipinski definition) is 3. The van der Waals surface area contributed by atoms with Crippen LogP contribution in [0.4, 0.5) is 11.4 Å². The maximum absolute atomic E-state index is 13.7. The molecule has 35 heavy (non-hydrogen) atoms. The molecule has 2 aromatic carbocycles. The van der Waals surface area contributed by atoms with Gasteiger partial charge in [-0.3, -0.25) is 9.59 Å². The van der Waals surface area contributed by atoms with Gasteiger partial charge in [0.1, 0.15) is 17.6 Å². The minimum atomic E-state index is -1.90. The van der Waals surface area contributed by atoms with Crippen LogP contribution in [-0.2, 0) is 42.3 Å². The van der Waals surface area contributed by atoms with Crippen LogP contribution >= 0.6 is 7.26 Å². The quantitative estimate of drug-likeness (QED) is 0.293. The Morgan fingerprint density at radius 3 is 1.86 bits per heavy atom. The van der Waals surface area contributed by atoms with Gasteiger partial charge in [-0.2, -0.15) is 0 Å². The molecular weight excluding hydrogens is 532 g/mol. The van der Waals surface area contributed by atoms with E-state index < -0.39 is 7.26 Å². The number of carbonyl (C=O) groups is 2. The number of ether oxygens (including phenoxy) is 1. The second-order valence-corrected chi connectivity index (χ2v) is 13.9. The molecule has 7 heteroatoms. The number of anilines is 2. The van der Waals surface area contributed by atoms with Crippen molar-refractivity contribution >= 4 is 30.5 Å². The fraction of sp³-hybridized carbons (Fsp3) is 0.500. The average Bonchev–Trinajstić information content (AvgIpc) is 2.80. The first kappa shape index (κ1) is 31.7. The first-order chi connectivity index (χ1) is 16.1. The third kappa shape index (κ3) is 7.85. The predicted molar refractivity (Wildman–Crippen MR) is 147 cm³/mol. The van der Waals surface area contributed by atoms with Crippen molar-refractivity contribution in [3.05, 3.63) is 52.6 Å². The minimum Gasteiger partial charge on any atom is -0.497 e. The van der Waals surface area contributed by atoms with Gasteiger partial charge in [-0.25, -0.2) is 0 Å². The molecule has 0 bridgehead atoms. The van der Waals surface area contributed by atoms with Crippen LogP contribution in [-0.4, -0.2) is 43.1 Å². The molecule has 0 fully saturated rings. The van der Waals surface area contributed by atoms with Gasteiger partial charge >= 0.3 is 0 Å². The first-order valence-electron chi connectivity index (χ1n) is 12.3. The molecule has 2 aromatic rings. The van der Waals surface area contributed by atoms with Crippen molar-refractivity contribution in [3.8, 4) is 5.75 Å². The Hall–Kier alpha value is -1.29. The van der Waals surface area contributed by atoms with Gasteiger partial charge in [-0.1, -0.05) is 31.5 Å². The van der Waals surface area contributed by atoms with Crippen molar-refractivity contribution in [3.63, 3.8) is 0 Å². The third-order valence-electron chi connectivity index (χ3n) is 6.98. The van der Waals surface area contributed by atoms with E-state index in [0.29, 0.717) is 6.16 Å². The Morgan fingerprint density at radius 2 is 1.40 bits per heavy atom. The molecule has 0 aliphatic heterocycles.